The molecule has 1 heterocycles. The van der Waals surface area contributed by atoms with E-state index < -0.39 is 18.1 Å². The van der Waals surface area contributed by atoms with Crippen LogP contribution in [0.25, 0.3) is 0 Å². The lowest BCUT2D eigenvalue weighted by Gasteiger charge is -2.35. The number of nitrogens with zero attached hydrogens (tertiary/aromatic N) is 1. The van der Waals surface area contributed by atoms with E-state index >= 15 is 0 Å². The maximum atomic E-state index is 12.9. The summed E-state index contributed by atoms with van der Waals surface area (Å²) >= 11 is 0. The Morgan fingerprint density at radius 1 is 1.28 bits per heavy atom. The molecule has 2 atom stereocenters. The van der Waals surface area contributed by atoms with Crippen LogP contribution in [0.4, 0.5) is 4.79 Å². The molecule has 136 valence electrons. The van der Waals surface area contributed by atoms with Crippen molar-refractivity contribution < 1.29 is 14.4 Å². The number of primary amides is 1. The minimum Gasteiger partial charge on any atom is -0.357 e. The largest absolute Gasteiger partial charge is 0.357 e. The maximum Gasteiger partial charge on any atom is 0.312 e. The number of rotatable bonds is 5. The van der Waals surface area contributed by atoms with E-state index in [9.17, 15) is 14.4 Å². The van der Waals surface area contributed by atoms with Gasteiger partial charge in [0.25, 0.3) is 0 Å². The summed E-state index contributed by atoms with van der Waals surface area (Å²) < 4.78 is 0. The molecule has 4 N–H and O–H groups in total. The lowest BCUT2D eigenvalue weighted by atomic mass is 9.96. The lowest BCUT2D eigenvalue weighted by Crippen LogP contribution is -2.52. The molecule has 0 spiro atoms. The third-order valence-electron chi connectivity index (χ3n) is 4.63. The van der Waals surface area contributed by atoms with Crippen molar-refractivity contribution in [3.8, 4) is 0 Å². The predicted octanol–water partition coefficient (Wildman–Crippen LogP) is 1.22. The first kappa shape index (κ1) is 18.8. The van der Waals surface area contributed by atoms with Crippen molar-refractivity contribution in [2.75, 3.05) is 13.6 Å². The predicted molar refractivity (Wildman–Crippen MR) is 94.7 cm³/mol. The molecule has 0 aliphatic carbocycles. The number of hydrogen-bond donors (Lipinski definition) is 3. The number of aryl methyl sites for hydroxylation is 1. The molecule has 1 aliphatic heterocycles. The van der Waals surface area contributed by atoms with Crippen LogP contribution in [-0.4, -0.2) is 42.4 Å². The zero-order valence-electron chi connectivity index (χ0n) is 14.7. The van der Waals surface area contributed by atoms with Crippen molar-refractivity contribution in [3.05, 3.63) is 35.4 Å². The van der Waals surface area contributed by atoms with Gasteiger partial charge in [-0.3, -0.25) is 9.59 Å². The number of likely N-dealkylation sites (tertiary alicyclic amines) is 1. The summed E-state index contributed by atoms with van der Waals surface area (Å²) in [6.07, 6.45) is 2.52. The number of likely N-dealkylation sites (N-methyl/N-ethyl adjacent to an activating group) is 1. The number of carbonyl (C=O) groups is 3. The average Bonchev–Trinajstić information content (AvgIpc) is 2.60. The van der Waals surface area contributed by atoms with Crippen molar-refractivity contribution in [1.29, 1.82) is 0 Å². The molecule has 1 aromatic carbocycles. The monoisotopic (exact) mass is 346 g/mol. The van der Waals surface area contributed by atoms with Gasteiger partial charge in [-0.2, -0.15) is 0 Å². The van der Waals surface area contributed by atoms with Crippen LogP contribution >= 0.6 is 0 Å². The number of piperidine rings is 1. The normalized spacial score (nSPS) is 18.3. The van der Waals surface area contributed by atoms with Crippen LogP contribution in [0.1, 0.15) is 42.9 Å². The minimum absolute atomic E-state index is 0.0707. The molecule has 25 heavy (non-hydrogen) atoms. The van der Waals surface area contributed by atoms with Gasteiger partial charge in [0.1, 0.15) is 6.04 Å². The second kappa shape index (κ2) is 8.50. The Balaban J connectivity index is 2.19. The molecule has 2 unspecified atom stereocenters. The molecular formula is C18H26N4O3. The van der Waals surface area contributed by atoms with Crippen molar-refractivity contribution >= 4 is 17.8 Å². The molecule has 0 radical (unpaired) electrons. The smallest absolute Gasteiger partial charge is 0.312 e. The Labute approximate surface area is 147 Å². The molecule has 4 amide bonds. The first-order valence-electron chi connectivity index (χ1n) is 8.56. The molecule has 0 aromatic heterocycles. The summed E-state index contributed by atoms with van der Waals surface area (Å²) in [4.78, 5) is 37.9. The van der Waals surface area contributed by atoms with Crippen LogP contribution in [0, 0.1) is 6.92 Å². The van der Waals surface area contributed by atoms with Gasteiger partial charge in [0.05, 0.1) is 12.5 Å². The number of urea groups is 1. The maximum absolute atomic E-state index is 12.9. The summed E-state index contributed by atoms with van der Waals surface area (Å²) in [7, 11) is 1.57. The number of nitrogens with one attached hydrogen (secondary N) is 2. The van der Waals surface area contributed by atoms with E-state index in [-0.39, 0.29) is 18.2 Å². The Hall–Kier alpha value is -2.57. The highest BCUT2D eigenvalue weighted by molar-refractivity contribution is 5.88. The first-order chi connectivity index (χ1) is 11.9. The molecule has 7 nitrogen and oxygen atoms in total. The van der Waals surface area contributed by atoms with Crippen molar-refractivity contribution in [3.63, 3.8) is 0 Å². The van der Waals surface area contributed by atoms with Crippen LogP contribution in [0.15, 0.2) is 24.3 Å². The number of benzene rings is 1. The van der Waals surface area contributed by atoms with Crippen molar-refractivity contribution in [1.82, 2.24) is 15.5 Å². The summed E-state index contributed by atoms with van der Waals surface area (Å²) in [6, 6.07) is 5.91. The van der Waals surface area contributed by atoms with E-state index in [1.165, 1.54) is 0 Å². The van der Waals surface area contributed by atoms with Gasteiger partial charge in [0.15, 0.2) is 0 Å². The summed E-state index contributed by atoms with van der Waals surface area (Å²) in [5.74, 6) is -0.307. The quantitative estimate of drug-likeness (QED) is 0.746. The van der Waals surface area contributed by atoms with Crippen molar-refractivity contribution in [2.24, 2.45) is 5.73 Å². The summed E-state index contributed by atoms with van der Waals surface area (Å²) in [6.45, 7) is 2.47. The lowest BCUT2D eigenvalue weighted by molar-refractivity contribution is -0.142. The molecule has 1 saturated heterocycles. The number of hydrogen-bond acceptors (Lipinski definition) is 3. The first-order valence-corrected chi connectivity index (χ1v) is 8.56. The van der Waals surface area contributed by atoms with Gasteiger partial charge in [-0.15, -0.1) is 0 Å². The van der Waals surface area contributed by atoms with Crippen LogP contribution in [0.3, 0.4) is 0 Å². The topological polar surface area (TPSA) is 105 Å². The van der Waals surface area contributed by atoms with E-state index in [4.69, 9.17) is 5.73 Å². The molecule has 1 aromatic rings. The van der Waals surface area contributed by atoms with Gasteiger partial charge in [-0.25, -0.2) is 4.79 Å². The van der Waals surface area contributed by atoms with Gasteiger partial charge in [0, 0.05) is 13.6 Å². The SMILES string of the molecule is CNC(=O)C1CCCCN1C(=O)CC(NC(N)=O)c1ccccc1C. The van der Waals surface area contributed by atoms with E-state index in [1.54, 1.807) is 11.9 Å². The van der Waals surface area contributed by atoms with Gasteiger partial charge in [-0.05, 0) is 37.3 Å². The number of amides is 4. The van der Waals surface area contributed by atoms with Gasteiger partial charge < -0.3 is 21.3 Å². The molecule has 1 aliphatic rings. The van der Waals surface area contributed by atoms with E-state index in [0.717, 1.165) is 24.0 Å². The Morgan fingerprint density at radius 3 is 2.64 bits per heavy atom. The molecule has 0 bridgehead atoms. The Kier molecular flexibility index (Phi) is 6.38. The Bertz CT molecular complexity index is 647. The highest BCUT2D eigenvalue weighted by Gasteiger charge is 2.33. The third-order valence-corrected chi connectivity index (χ3v) is 4.63. The fourth-order valence-electron chi connectivity index (χ4n) is 3.35. The minimum atomic E-state index is -0.678. The Morgan fingerprint density at radius 2 is 2.00 bits per heavy atom. The molecule has 7 heteroatoms. The molecule has 1 fully saturated rings. The standard InChI is InChI=1S/C18H26N4O3/c1-12-7-3-4-8-13(12)14(21-18(19)25)11-16(23)22-10-6-5-9-15(22)17(24)20-2/h3-4,7-8,14-15H,5-6,9-11H2,1-2H3,(H,20,24)(H3,19,21,25). The zero-order chi connectivity index (χ0) is 18.4. The van der Waals surface area contributed by atoms with Crippen LogP contribution < -0.4 is 16.4 Å². The summed E-state index contributed by atoms with van der Waals surface area (Å²) in [5.41, 5.74) is 7.11. The van der Waals surface area contributed by atoms with Crippen LogP contribution in [-0.2, 0) is 9.59 Å². The van der Waals surface area contributed by atoms with Gasteiger partial charge in [-0.1, -0.05) is 24.3 Å². The third kappa shape index (κ3) is 4.71. The van der Waals surface area contributed by atoms with E-state index in [2.05, 4.69) is 10.6 Å². The highest BCUT2D eigenvalue weighted by atomic mass is 16.2. The highest BCUT2D eigenvalue weighted by Crippen LogP contribution is 2.24. The molecule has 0 saturated carbocycles. The van der Waals surface area contributed by atoms with E-state index in [1.807, 2.05) is 31.2 Å². The van der Waals surface area contributed by atoms with Crippen LogP contribution in [0.5, 0.6) is 0 Å². The number of nitrogens with two attached hydrogens (primary N) is 1. The molecular weight excluding hydrogens is 320 g/mol. The fourth-order valence-corrected chi connectivity index (χ4v) is 3.35. The second-order valence-electron chi connectivity index (χ2n) is 6.33. The average molecular weight is 346 g/mol. The van der Waals surface area contributed by atoms with Crippen molar-refractivity contribution in [2.45, 2.75) is 44.7 Å². The van der Waals surface area contributed by atoms with Gasteiger partial charge in [0.2, 0.25) is 11.8 Å². The van der Waals surface area contributed by atoms with Gasteiger partial charge >= 0.3 is 6.03 Å². The zero-order valence-corrected chi connectivity index (χ0v) is 14.7. The summed E-state index contributed by atoms with van der Waals surface area (Å²) in [5, 5.41) is 5.28. The number of carbonyl (C=O) groups excluding carboxylic acids is 3. The second-order valence-corrected chi connectivity index (χ2v) is 6.33. The fraction of sp³-hybridized carbons (Fsp3) is 0.500. The van der Waals surface area contributed by atoms with E-state index in [0.29, 0.717) is 13.0 Å². The van der Waals surface area contributed by atoms with Crippen LogP contribution in [0.2, 0.25) is 0 Å². The molecule has 2 rings (SSSR count).